The Morgan fingerprint density at radius 1 is 1.30 bits per heavy atom. The van der Waals surface area contributed by atoms with Crippen LogP contribution in [0.2, 0.25) is 5.02 Å². The molecule has 0 atom stereocenters. The van der Waals surface area contributed by atoms with E-state index in [1.165, 1.54) is 11.1 Å². The van der Waals surface area contributed by atoms with Crippen molar-refractivity contribution in [1.29, 1.82) is 0 Å². The van der Waals surface area contributed by atoms with Gasteiger partial charge in [-0.05, 0) is 42.3 Å². The number of fused-ring (bicyclic) bond motifs is 1. The fraction of sp³-hybridized carbons (Fsp3) is 0.250. The number of hydrogen-bond acceptors (Lipinski definition) is 2. The number of rotatable bonds is 3. The van der Waals surface area contributed by atoms with Gasteiger partial charge in [-0.3, -0.25) is 0 Å². The molecular weight excluding hydrogens is 338 g/mol. The van der Waals surface area contributed by atoms with Crippen molar-refractivity contribution in [1.82, 2.24) is 0 Å². The Bertz CT molecular complexity index is 657. The van der Waals surface area contributed by atoms with E-state index in [1.54, 1.807) is 0 Å². The van der Waals surface area contributed by atoms with E-state index in [0.717, 1.165) is 39.5 Å². The number of hydrogen-bond donors (Lipinski definition) is 1. The predicted molar refractivity (Wildman–Crippen MR) is 86.9 cm³/mol. The van der Waals surface area contributed by atoms with E-state index in [9.17, 15) is 0 Å². The standard InChI is InChI=1S/C16H15BrClNO/c1-10-2-3-14(18)15(6-10)19-9-12-8-13(17)7-11-4-5-20-16(11)12/h2-3,6-8,19H,4-5,9H2,1H3. The van der Waals surface area contributed by atoms with Gasteiger partial charge < -0.3 is 10.1 Å². The van der Waals surface area contributed by atoms with Gasteiger partial charge in [0.1, 0.15) is 5.75 Å². The van der Waals surface area contributed by atoms with E-state index in [2.05, 4.69) is 46.4 Å². The van der Waals surface area contributed by atoms with Gasteiger partial charge >= 0.3 is 0 Å². The lowest BCUT2D eigenvalue weighted by Gasteiger charge is -2.12. The summed E-state index contributed by atoms with van der Waals surface area (Å²) in [5, 5.41) is 4.13. The minimum atomic E-state index is 0.699. The van der Waals surface area contributed by atoms with Crippen LogP contribution in [0.25, 0.3) is 0 Å². The fourth-order valence-electron chi connectivity index (χ4n) is 2.44. The molecule has 0 aromatic heterocycles. The third-order valence-electron chi connectivity index (χ3n) is 3.42. The lowest BCUT2D eigenvalue weighted by molar-refractivity contribution is 0.354. The average Bonchev–Trinajstić information content (AvgIpc) is 2.87. The van der Waals surface area contributed by atoms with E-state index >= 15 is 0 Å². The molecule has 0 fully saturated rings. The van der Waals surface area contributed by atoms with Crippen LogP contribution in [0.3, 0.4) is 0 Å². The van der Waals surface area contributed by atoms with Crippen LogP contribution in [-0.4, -0.2) is 6.61 Å². The summed E-state index contributed by atoms with van der Waals surface area (Å²) in [6.07, 6.45) is 0.979. The molecule has 2 aromatic carbocycles. The van der Waals surface area contributed by atoms with Crippen LogP contribution in [0.15, 0.2) is 34.8 Å². The molecule has 2 nitrogen and oxygen atoms in total. The number of benzene rings is 2. The maximum atomic E-state index is 6.21. The van der Waals surface area contributed by atoms with Gasteiger partial charge in [-0.2, -0.15) is 0 Å². The van der Waals surface area contributed by atoms with Crippen LogP contribution in [0, 0.1) is 6.92 Å². The van der Waals surface area contributed by atoms with Crippen molar-refractivity contribution >= 4 is 33.2 Å². The van der Waals surface area contributed by atoms with Crippen LogP contribution in [0.1, 0.15) is 16.7 Å². The van der Waals surface area contributed by atoms with Crippen LogP contribution in [0.5, 0.6) is 5.75 Å². The second-order valence-corrected chi connectivity index (χ2v) is 6.31. The first kappa shape index (κ1) is 13.8. The Hall–Kier alpha value is -1.19. The topological polar surface area (TPSA) is 21.3 Å². The van der Waals surface area contributed by atoms with E-state index in [0.29, 0.717) is 6.54 Å². The minimum Gasteiger partial charge on any atom is -0.493 e. The van der Waals surface area contributed by atoms with Crippen molar-refractivity contribution in [2.45, 2.75) is 19.9 Å². The summed E-state index contributed by atoms with van der Waals surface area (Å²) in [7, 11) is 0. The fourth-order valence-corrected chi connectivity index (χ4v) is 3.18. The normalized spacial score (nSPS) is 12.9. The molecule has 0 spiro atoms. The van der Waals surface area contributed by atoms with E-state index < -0.39 is 0 Å². The number of aryl methyl sites for hydroxylation is 1. The van der Waals surface area contributed by atoms with Gasteiger partial charge in [-0.25, -0.2) is 0 Å². The quantitative estimate of drug-likeness (QED) is 0.843. The number of halogens is 2. The zero-order valence-electron chi connectivity index (χ0n) is 11.2. The maximum absolute atomic E-state index is 6.21. The first-order chi connectivity index (χ1) is 9.63. The molecule has 20 heavy (non-hydrogen) atoms. The van der Waals surface area contributed by atoms with Crippen molar-refractivity contribution < 1.29 is 4.74 Å². The van der Waals surface area contributed by atoms with Gasteiger partial charge in [-0.15, -0.1) is 0 Å². The van der Waals surface area contributed by atoms with Crippen molar-refractivity contribution in [3.63, 3.8) is 0 Å². The summed E-state index contributed by atoms with van der Waals surface area (Å²) >= 11 is 9.77. The molecule has 4 heteroatoms. The highest BCUT2D eigenvalue weighted by Gasteiger charge is 2.17. The molecule has 0 unspecified atom stereocenters. The van der Waals surface area contributed by atoms with Gasteiger partial charge in [0.2, 0.25) is 0 Å². The number of nitrogens with one attached hydrogen (secondary N) is 1. The number of anilines is 1. The monoisotopic (exact) mass is 351 g/mol. The smallest absolute Gasteiger partial charge is 0.127 e. The van der Waals surface area contributed by atoms with Crippen molar-refractivity contribution in [2.24, 2.45) is 0 Å². The van der Waals surface area contributed by atoms with Crippen LogP contribution in [0.4, 0.5) is 5.69 Å². The molecule has 0 aliphatic carbocycles. The predicted octanol–water partition coefficient (Wildman–Crippen LogP) is 4.96. The Morgan fingerprint density at radius 3 is 3.00 bits per heavy atom. The van der Waals surface area contributed by atoms with Gasteiger partial charge in [0.25, 0.3) is 0 Å². The molecule has 1 N–H and O–H groups in total. The molecule has 2 aromatic rings. The first-order valence-electron chi connectivity index (χ1n) is 6.57. The molecule has 3 rings (SSSR count). The maximum Gasteiger partial charge on any atom is 0.127 e. The van der Waals surface area contributed by atoms with Gasteiger partial charge in [0.05, 0.1) is 17.3 Å². The van der Waals surface area contributed by atoms with E-state index in [4.69, 9.17) is 16.3 Å². The van der Waals surface area contributed by atoms with Crippen LogP contribution < -0.4 is 10.1 Å². The summed E-state index contributed by atoms with van der Waals surface area (Å²) in [6.45, 7) is 3.52. The Labute approximate surface area is 132 Å². The van der Waals surface area contributed by atoms with Crippen molar-refractivity contribution in [3.8, 4) is 5.75 Å². The molecule has 1 heterocycles. The molecule has 1 aliphatic heterocycles. The molecule has 0 saturated carbocycles. The molecule has 0 bridgehead atoms. The molecule has 1 aliphatic rings. The van der Waals surface area contributed by atoms with Crippen LogP contribution in [-0.2, 0) is 13.0 Å². The van der Waals surface area contributed by atoms with E-state index in [-0.39, 0.29) is 0 Å². The van der Waals surface area contributed by atoms with Crippen LogP contribution >= 0.6 is 27.5 Å². The third kappa shape index (κ3) is 2.79. The second-order valence-electron chi connectivity index (χ2n) is 4.99. The summed E-state index contributed by atoms with van der Waals surface area (Å²) in [5.41, 5.74) is 4.57. The third-order valence-corrected chi connectivity index (χ3v) is 4.20. The van der Waals surface area contributed by atoms with Crippen molar-refractivity contribution in [3.05, 3.63) is 56.5 Å². The highest BCUT2D eigenvalue weighted by Crippen LogP contribution is 2.34. The molecular formula is C16H15BrClNO. The van der Waals surface area contributed by atoms with Gasteiger partial charge in [0.15, 0.2) is 0 Å². The Kier molecular flexibility index (Phi) is 3.90. The Morgan fingerprint density at radius 2 is 2.15 bits per heavy atom. The molecule has 104 valence electrons. The van der Waals surface area contributed by atoms with Gasteiger partial charge in [0, 0.05) is 23.0 Å². The summed E-state index contributed by atoms with van der Waals surface area (Å²) in [6, 6.07) is 10.2. The van der Waals surface area contributed by atoms with E-state index in [1.807, 2.05) is 12.1 Å². The zero-order valence-corrected chi connectivity index (χ0v) is 13.5. The highest BCUT2D eigenvalue weighted by atomic mass is 79.9. The SMILES string of the molecule is Cc1ccc(Cl)c(NCc2cc(Br)cc3c2OCC3)c1. The minimum absolute atomic E-state index is 0.699. The zero-order chi connectivity index (χ0) is 14.1. The lowest BCUT2D eigenvalue weighted by Crippen LogP contribution is -2.02. The first-order valence-corrected chi connectivity index (χ1v) is 7.75. The Balaban J connectivity index is 1.84. The second kappa shape index (κ2) is 5.66. The molecule has 0 amide bonds. The largest absolute Gasteiger partial charge is 0.493 e. The lowest BCUT2D eigenvalue weighted by atomic mass is 10.1. The summed E-state index contributed by atoms with van der Waals surface area (Å²) in [4.78, 5) is 0. The molecule has 0 radical (unpaired) electrons. The summed E-state index contributed by atoms with van der Waals surface area (Å²) in [5.74, 6) is 1.02. The van der Waals surface area contributed by atoms with Crippen molar-refractivity contribution in [2.75, 3.05) is 11.9 Å². The summed E-state index contributed by atoms with van der Waals surface area (Å²) < 4.78 is 6.82. The van der Waals surface area contributed by atoms with Gasteiger partial charge in [-0.1, -0.05) is 33.6 Å². The average molecular weight is 353 g/mol. The number of ether oxygens (including phenoxy) is 1. The highest BCUT2D eigenvalue weighted by molar-refractivity contribution is 9.10. The molecule has 0 saturated heterocycles.